The number of amides is 3. The number of likely N-dealkylation sites (tertiary alicyclic amines) is 1. The van der Waals surface area contributed by atoms with Crippen LogP contribution in [0.15, 0.2) is 30.3 Å². The van der Waals surface area contributed by atoms with Gasteiger partial charge in [0.1, 0.15) is 0 Å². The second kappa shape index (κ2) is 11.1. The minimum atomic E-state index is 0.0484. The van der Waals surface area contributed by atoms with Crippen molar-refractivity contribution in [1.29, 1.82) is 0 Å². The van der Waals surface area contributed by atoms with Gasteiger partial charge in [0.05, 0.1) is 0 Å². The lowest BCUT2D eigenvalue weighted by molar-refractivity contribution is -0.121. The van der Waals surface area contributed by atoms with Crippen molar-refractivity contribution < 1.29 is 9.59 Å². The Hall–Kier alpha value is -2.04. The molecule has 5 nitrogen and oxygen atoms in total. The Morgan fingerprint density at radius 1 is 0.929 bits per heavy atom. The number of carbonyl (C=O) groups is 2. The summed E-state index contributed by atoms with van der Waals surface area (Å²) in [6.45, 7) is 3.07. The first kappa shape index (κ1) is 20.7. The average molecular weight is 386 g/mol. The number of hydrogen-bond acceptors (Lipinski definition) is 2. The van der Waals surface area contributed by atoms with Crippen LogP contribution >= 0.6 is 0 Å². The van der Waals surface area contributed by atoms with Crippen molar-refractivity contribution in [3.8, 4) is 0 Å². The maximum absolute atomic E-state index is 12.4. The first-order valence-corrected chi connectivity index (χ1v) is 11.1. The molecule has 1 aliphatic heterocycles. The molecule has 0 radical (unpaired) electrons. The Morgan fingerprint density at radius 3 is 2.50 bits per heavy atom. The minimum absolute atomic E-state index is 0.0484. The van der Waals surface area contributed by atoms with E-state index >= 15 is 0 Å². The Balaban J connectivity index is 1.22. The van der Waals surface area contributed by atoms with Gasteiger partial charge < -0.3 is 15.5 Å². The number of piperidine rings is 1. The molecule has 5 heteroatoms. The van der Waals surface area contributed by atoms with Crippen LogP contribution in [0.1, 0.15) is 56.9 Å². The molecular formula is C23H35N3O2. The van der Waals surface area contributed by atoms with Gasteiger partial charge in [-0.25, -0.2) is 4.79 Å². The molecule has 0 bridgehead atoms. The van der Waals surface area contributed by atoms with Gasteiger partial charge in [0.25, 0.3) is 0 Å². The number of fused-ring (bicyclic) bond motifs is 1. The standard InChI is InChI=1S/C23H35N3O2/c27-22(24-15-6-10-19-8-2-1-3-9-19)13-7-16-25-23(28)26-17-14-20-11-4-5-12-21(20)18-26/h1-3,8-9,20-21H,4-7,10-18H2,(H,24,27)(H,25,28). The van der Waals surface area contributed by atoms with E-state index < -0.39 is 0 Å². The van der Waals surface area contributed by atoms with Gasteiger partial charge in [-0.3, -0.25) is 4.79 Å². The summed E-state index contributed by atoms with van der Waals surface area (Å²) in [4.78, 5) is 26.3. The molecule has 1 aromatic rings. The lowest BCUT2D eigenvalue weighted by Gasteiger charge is -2.41. The zero-order valence-electron chi connectivity index (χ0n) is 17.0. The Bertz CT molecular complexity index is 620. The topological polar surface area (TPSA) is 61.4 Å². The Morgan fingerprint density at radius 2 is 1.68 bits per heavy atom. The molecule has 28 heavy (non-hydrogen) atoms. The molecule has 1 saturated heterocycles. The summed E-state index contributed by atoms with van der Waals surface area (Å²) in [5.41, 5.74) is 1.30. The van der Waals surface area contributed by atoms with Crippen LogP contribution in [-0.2, 0) is 11.2 Å². The third-order valence-corrected chi connectivity index (χ3v) is 6.24. The van der Waals surface area contributed by atoms with E-state index in [1.54, 1.807) is 0 Å². The number of aryl methyl sites for hydroxylation is 1. The minimum Gasteiger partial charge on any atom is -0.356 e. The van der Waals surface area contributed by atoms with Crippen LogP contribution < -0.4 is 10.6 Å². The van der Waals surface area contributed by atoms with E-state index in [2.05, 4.69) is 22.8 Å². The maximum Gasteiger partial charge on any atom is 0.317 e. The fourth-order valence-corrected chi connectivity index (χ4v) is 4.59. The number of hydrogen-bond donors (Lipinski definition) is 2. The molecule has 3 amide bonds. The third kappa shape index (κ3) is 6.54. The summed E-state index contributed by atoms with van der Waals surface area (Å²) >= 11 is 0. The quantitative estimate of drug-likeness (QED) is 0.670. The second-order valence-corrected chi connectivity index (χ2v) is 8.31. The van der Waals surface area contributed by atoms with Crippen LogP contribution in [0.2, 0.25) is 0 Å². The van der Waals surface area contributed by atoms with Gasteiger partial charge in [-0.15, -0.1) is 0 Å². The van der Waals surface area contributed by atoms with Crippen molar-refractivity contribution in [3.05, 3.63) is 35.9 Å². The fourth-order valence-electron chi connectivity index (χ4n) is 4.59. The van der Waals surface area contributed by atoms with E-state index in [1.807, 2.05) is 23.1 Å². The molecule has 1 aromatic carbocycles. The van der Waals surface area contributed by atoms with Crippen LogP contribution in [0, 0.1) is 11.8 Å². The van der Waals surface area contributed by atoms with Crippen molar-refractivity contribution in [2.45, 2.75) is 57.8 Å². The summed E-state index contributed by atoms with van der Waals surface area (Å²) < 4.78 is 0. The molecule has 0 spiro atoms. The highest BCUT2D eigenvalue weighted by molar-refractivity contribution is 5.76. The molecule has 2 aliphatic rings. The molecule has 2 N–H and O–H groups in total. The largest absolute Gasteiger partial charge is 0.356 e. The van der Waals surface area contributed by atoms with Crippen molar-refractivity contribution in [1.82, 2.24) is 15.5 Å². The van der Waals surface area contributed by atoms with Crippen LogP contribution in [-0.4, -0.2) is 43.0 Å². The summed E-state index contributed by atoms with van der Waals surface area (Å²) in [7, 11) is 0. The molecular weight excluding hydrogens is 350 g/mol. The first-order valence-electron chi connectivity index (χ1n) is 11.1. The van der Waals surface area contributed by atoms with Gasteiger partial charge >= 0.3 is 6.03 Å². The van der Waals surface area contributed by atoms with Gasteiger partial charge in [-0.1, -0.05) is 49.6 Å². The van der Waals surface area contributed by atoms with Gasteiger partial charge in [0.15, 0.2) is 0 Å². The molecule has 2 fully saturated rings. The van der Waals surface area contributed by atoms with E-state index in [-0.39, 0.29) is 11.9 Å². The monoisotopic (exact) mass is 385 g/mol. The molecule has 3 rings (SSSR count). The predicted octanol–water partition coefficient (Wildman–Crippen LogP) is 3.74. The normalized spacial score (nSPS) is 21.6. The van der Waals surface area contributed by atoms with E-state index in [4.69, 9.17) is 0 Å². The van der Waals surface area contributed by atoms with E-state index in [1.165, 1.54) is 31.2 Å². The highest BCUT2D eigenvalue weighted by Crippen LogP contribution is 2.35. The maximum atomic E-state index is 12.4. The highest BCUT2D eigenvalue weighted by Gasteiger charge is 2.32. The fraction of sp³-hybridized carbons (Fsp3) is 0.652. The molecule has 1 heterocycles. The number of benzene rings is 1. The van der Waals surface area contributed by atoms with E-state index in [9.17, 15) is 9.59 Å². The van der Waals surface area contributed by atoms with Crippen molar-refractivity contribution in [2.24, 2.45) is 11.8 Å². The molecule has 154 valence electrons. The number of urea groups is 1. The van der Waals surface area contributed by atoms with Crippen LogP contribution in [0.25, 0.3) is 0 Å². The lowest BCUT2D eigenvalue weighted by Crippen LogP contribution is -2.48. The number of carbonyl (C=O) groups excluding carboxylic acids is 2. The van der Waals surface area contributed by atoms with Crippen LogP contribution in [0.4, 0.5) is 4.79 Å². The molecule has 2 unspecified atom stereocenters. The van der Waals surface area contributed by atoms with E-state index in [0.717, 1.165) is 38.3 Å². The SMILES string of the molecule is O=C(CCCNC(=O)N1CCC2CCCCC2C1)NCCCc1ccccc1. The first-order chi connectivity index (χ1) is 13.7. The summed E-state index contributed by atoms with van der Waals surface area (Å²) in [5.74, 6) is 1.61. The van der Waals surface area contributed by atoms with Crippen LogP contribution in [0.5, 0.6) is 0 Å². The number of rotatable bonds is 8. The summed E-state index contributed by atoms with van der Waals surface area (Å²) in [6, 6.07) is 10.4. The zero-order chi connectivity index (χ0) is 19.6. The zero-order valence-corrected chi connectivity index (χ0v) is 17.0. The van der Waals surface area contributed by atoms with Gasteiger partial charge in [-0.05, 0) is 49.5 Å². The van der Waals surface area contributed by atoms with Gasteiger partial charge in [0, 0.05) is 32.6 Å². The van der Waals surface area contributed by atoms with Crippen LogP contribution in [0.3, 0.4) is 0 Å². The number of nitrogens with zero attached hydrogens (tertiary/aromatic N) is 1. The van der Waals surface area contributed by atoms with Crippen molar-refractivity contribution in [3.63, 3.8) is 0 Å². The predicted molar refractivity (Wildman–Crippen MR) is 112 cm³/mol. The van der Waals surface area contributed by atoms with Crippen molar-refractivity contribution >= 4 is 11.9 Å². The lowest BCUT2D eigenvalue weighted by atomic mass is 9.75. The Kier molecular flexibility index (Phi) is 8.19. The molecule has 2 atom stereocenters. The summed E-state index contributed by atoms with van der Waals surface area (Å²) in [6.07, 6.45) is 9.55. The molecule has 1 saturated carbocycles. The van der Waals surface area contributed by atoms with Gasteiger partial charge in [-0.2, -0.15) is 0 Å². The third-order valence-electron chi connectivity index (χ3n) is 6.24. The Labute approximate surface area is 169 Å². The number of nitrogens with one attached hydrogen (secondary N) is 2. The average Bonchev–Trinajstić information content (AvgIpc) is 2.74. The molecule has 0 aromatic heterocycles. The smallest absolute Gasteiger partial charge is 0.317 e. The molecule has 1 aliphatic carbocycles. The second-order valence-electron chi connectivity index (χ2n) is 8.31. The van der Waals surface area contributed by atoms with Gasteiger partial charge in [0.2, 0.25) is 5.91 Å². The van der Waals surface area contributed by atoms with Crippen molar-refractivity contribution in [2.75, 3.05) is 26.2 Å². The van der Waals surface area contributed by atoms with E-state index in [0.29, 0.717) is 31.8 Å². The highest BCUT2D eigenvalue weighted by atomic mass is 16.2. The summed E-state index contributed by atoms with van der Waals surface area (Å²) in [5, 5.41) is 5.97.